The Hall–Kier alpha value is -2.77. The second kappa shape index (κ2) is 11.4. The SMILES string of the molecule is CCCCN(C(=O)C(C)NC(=O)OC(C)(C)C)C(C(=O)NC(C)(C)C)c1cccc(C)c1O. The summed E-state index contributed by atoms with van der Waals surface area (Å²) >= 11 is 0. The average molecular weight is 464 g/mol. The highest BCUT2D eigenvalue weighted by Crippen LogP contribution is 2.32. The first kappa shape index (κ1) is 28.3. The number of hydrogen-bond acceptors (Lipinski definition) is 5. The summed E-state index contributed by atoms with van der Waals surface area (Å²) in [5.74, 6) is -0.879. The quantitative estimate of drug-likeness (QED) is 0.536. The normalized spacial score (nSPS) is 13.6. The predicted octanol–water partition coefficient (Wildman–Crippen LogP) is 4.20. The molecule has 2 atom stereocenters. The summed E-state index contributed by atoms with van der Waals surface area (Å²) in [6.07, 6.45) is 0.731. The van der Waals surface area contributed by atoms with Gasteiger partial charge in [0.2, 0.25) is 11.8 Å². The maximum Gasteiger partial charge on any atom is 0.408 e. The van der Waals surface area contributed by atoms with E-state index in [-0.39, 0.29) is 12.3 Å². The van der Waals surface area contributed by atoms with Crippen LogP contribution in [0.15, 0.2) is 18.2 Å². The van der Waals surface area contributed by atoms with Crippen LogP contribution in [0.4, 0.5) is 4.79 Å². The van der Waals surface area contributed by atoms with E-state index in [1.54, 1.807) is 52.8 Å². The molecule has 33 heavy (non-hydrogen) atoms. The summed E-state index contributed by atoms with van der Waals surface area (Å²) in [6, 6.07) is 3.13. The summed E-state index contributed by atoms with van der Waals surface area (Å²) in [6.45, 7) is 16.3. The third kappa shape index (κ3) is 8.94. The molecule has 8 nitrogen and oxygen atoms in total. The van der Waals surface area contributed by atoms with Crippen LogP contribution in [0.1, 0.15) is 85.4 Å². The molecule has 0 aromatic heterocycles. The standard InChI is InChI=1S/C25H41N3O5/c1-10-11-15-28(22(31)17(3)26-23(32)33-25(7,8)9)19(21(30)27-24(4,5)6)18-14-12-13-16(2)20(18)29/h12-14,17,19,29H,10-11,15H2,1-9H3,(H,26,32)(H,27,30). The Labute approximate surface area is 198 Å². The maximum atomic E-state index is 13.5. The highest BCUT2D eigenvalue weighted by Gasteiger charge is 2.37. The van der Waals surface area contributed by atoms with E-state index < -0.39 is 41.1 Å². The molecule has 1 aromatic rings. The van der Waals surface area contributed by atoms with Gasteiger partial charge in [-0.2, -0.15) is 0 Å². The fourth-order valence-electron chi connectivity index (χ4n) is 3.28. The summed E-state index contributed by atoms with van der Waals surface area (Å²) in [7, 11) is 0. The zero-order valence-corrected chi connectivity index (χ0v) is 21.5. The molecule has 0 heterocycles. The monoisotopic (exact) mass is 463 g/mol. The molecule has 0 aliphatic rings. The molecular formula is C25H41N3O5. The van der Waals surface area contributed by atoms with Crippen molar-refractivity contribution in [3.05, 3.63) is 29.3 Å². The Morgan fingerprint density at radius 2 is 1.73 bits per heavy atom. The number of nitrogens with one attached hydrogen (secondary N) is 2. The number of phenols is 1. The molecule has 0 aliphatic carbocycles. The van der Waals surface area contributed by atoms with Crippen molar-refractivity contribution in [2.75, 3.05) is 6.54 Å². The van der Waals surface area contributed by atoms with Gasteiger partial charge < -0.3 is 25.4 Å². The van der Waals surface area contributed by atoms with Crippen molar-refractivity contribution in [3.63, 3.8) is 0 Å². The van der Waals surface area contributed by atoms with Crippen molar-refractivity contribution < 1.29 is 24.2 Å². The van der Waals surface area contributed by atoms with E-state index in [4.69, 9.17) is 4.74 Å². The number of aromatic hydroxyl groups is 1. The first-order chi connectivity index (χ1) is 15.1. The lowest BCUT2D eigenvalue weighted by atomic mass is 9.97. The van der Waals surface area contributed by atoms with Crippen LogP contribution >= 0.6 is 0 Å². The van der Waals surface area contributed by atoms with Crippen LogP contribution < -0.4 is 10.6 Å². The van der Waals surface area contributed by atoms with Gasteiger partial charge in [0, 0.05) is 17.6 Å². The Morgan fingerprint density at radius 3 is 2.24 bits per heavy atom. The van der Waals surface area contributed by atoms with Gasteiger partial charge in [-0.25, -0.2) is 4.79 Å². The zero-order valence-electron chi connectivity index (χ0n) is 21.5. The number of hydrogen-bond donors (Lipinski definition) is 3. The van der Waals surface area contributed by atoms with E-state index in [0.29, 0.717) is 17.5 Å². The van der Waals surface area contributed by atoms with Crippen molar-refractivity contribution in [3.8, 4) is 5.75 Å². The van der Waals surface area contributed by atoms with Crippen molar-refractivity contribution >= 4 is 17.9 Å². The smallest absolute Gasteiger partial charge is 0.408 e. The summed E-state index contributed by atoms with van der Waals surface area (Å²) < 4.78 is 5.27. The molecule has 0 saturated carbocycles. The fourth-order valence-corrected chi connectivity index (χ4v) is 3.28. The zero-order chi connectivity index (χ0) is 25.6. The number of benzene rings is 1. The van der Waals surface area contributed by atoms with Gasteiger partial charge in [-0.3, -0.25) is 9.59 Å². The summed E-state index contributed by atoms with van der Waals surface area (Å²) in [5.41, 5.74) is -0.319. The van der Waals surface area contributed by atoms with E-state index in [0.717, 1.165) is 6.42 Å². The Morgan fingerprint density at radius 1 is 1.12 bits per heavy atom. The molecule has 3 N–H and O–H groups in total. The van der Waals surface area contributed by atoms with Gasteiger partial charge in [0.15, 0.2) is 0 Å². The van der Waals surface area contributed by atoms with Gasteiger partial charge >= 0.3 is 6.09 Å². The topological polar surface area (TPSA) is 108 Å². The Kier molecular flexibility index (Phi) is 9.75. The van der Waals surface area contributed by atoms with Gasteiger partial charge in [-0.1, -0.05) is 31.5 Å². The lowest BCUT2D eigenvalue weighted by Gasteiger charge is -2.35. The van der Waals surface area contributed by atoms with Crippen LogP contribution in [0.25, 0.3) is 0 Å². The first-order valence-electron chi connectivity index (χ1n) is 11.5. The fraction of sp³-hybridized carbons (Fsp3) is 0.640. The Bertz CT molecular complexity index is 839. The number of amides is 3. The molecule has 0 saturated heterocycles. The number of carbonyl (C=O) groups is 3. The lowest BCUT2D eigenvalue weighted by molar-refractivity contribution is -0.143. The van der Waals surface area contributed by atoms with E-state index in [2.05, 4.69) is 10.6 Å². The number of phenolic OH excluding ortho intramolecular Hbond substituents is 1. The summed E-state index contributed by atoms with van der Waals surface area (Å²) in [5, 5.41) is 16.3. The number of aryl methyl sites for hydroxylation is 1. The van der Waals surface area contributed by atoms with Crippen molar-refractivity contribution in [2.45, 2.75) is 98.4 Å². The minimum Gasteiger partial charge on any atom is -0.507 e. The molecule has 0 radical (unpaired) electrons. The van der Waals surface area contributed by atoms with E-state index in [1.807, 2.05) is 27.7 Å². The predicted molar refractivity (Wildman–Crippen MR) is 129 cm³/mol. The van der Waals surface area contributed by atoms with Crippen molar-refractivity contribution in [1.29, 1.82) is 0 Å². The summed E-state index contributed by atoms with van der Waals surface area (Å²) in [4.78, 5) is 40.6. The highest BCUT2D eigenvalue weighted by atomic mass is 16.6. The molecule has 8 heteroatoms. The lowest BCUT2D eigenvalue weighted by Crippen LogP contribution is -2.54. The van der Waals surface area contributed by atoms with Crippen LogP contribution in [-0.2, 0) is 14.3 Å². The second-order valence-electron chi connectivity index (χ2n) is 10.4. The highest BCUT2D eigenvalue weighted by molar-refractivity contribution is 5.92. The molecule has 0 fully saturated rings. The minimum atomic E-state index is -1.06. The molecule has 1 rings (SSSR count). The van der Waals surface area contributed by atoms with Gasteiger partial charge in [-0.15, -0.1) is 0 Å². The molecule has 0 aliphatic heterocycles. The molecule has 3 amide bonds. The second-order valence-corrected chi connectivity index (χ2v) is 10.4. The molecule has 186 valence electrons. The number of alkyl carbamates (subject to hydrolysis) is 1. The molecule has 2 unspecified atom stereocenters. The number of carbonyl (C=O) groups excluding carboxylic acids is 3. The molecule has 0 bridgehead atoms. The van der Waals surface area contributed by atoms with Gasteiger partial charge in [0.05, 0.1) is 0 Å². The Balaban J connectivity index is 3.41. The minimum absolute atomic E-state index is 0.0337. The number of para-hydroxylation sites is 1. The molecular weight excluding hydrogens is 422 g/mol. The number of ether oxygens (including phenoxy) is 1. The van der Waals surface area contributed by atoms with E-state index >= 15 is 0 Å². The van der Waals surface area contributed by atoms with Crippen LogP contribution in [0.3, 0.4) is 0 Å². The molecule has 0 spiro atoms. The number of rotatable bonds is 8. The largest absolute Gasteiger partial charge is 0.507 e. The van der Waals surface area contributed by atoms with Crippen LogP contribution in [0.2, 0.25) is 0 Å². The number of unbranched alkanes of at least 4 members (excludes halogenated alkanes) is 1. The third-order valence-corrected chi connectivity index (χ3v) is 4.76. The van der Waals surface area contributed by atoms with E-state index in [9.17, 15) is 19.5 Å². The first-order valence-corrected chi connectivity index (χ1v) is 11.5. The number of nitrogens with zero attached hydrogens (tertiary/aromatic N) is 1. The average Bonchev–Trinajstić information content (AvgIpc) is 2.64. The van der Waals surface area contributed by atoms with Gasteiger partial charge in [-0.05, 0) is 67.4 Å². The van der Waals surface area contributed by atoms with Crippen LogP contribution in [-0.4, -0.2) is 51.6 Å². The van der Waals surface area contributed by atoms with Crippen LogP contribution in [0, 0.1) is 6.92 Å². The molecule has 1 aromatic carbocycles. The van der Waals surface area contributed by atoms with Crippen molar-refractivity contribution in [1.82, 2.24) is 15.5 Å². The third-order valence-electron chi connectivity index (χ3n) is 4.76. The maximum absolute atomic E-state index is 13.5. The van der Waals surface area contributed by atoms with Gasteiger partial charge in [0.25, 0.3) is 0 Å². The van der Waals surface area contributed by atoms with E-state index in [1.165, 1.54) is 4.90 Å². The van der Waals surface area contributed by atoms with Crippen molar-refractivity contribution in [2.24, 2.45) is 0 Å². The van der Waals surface area contributed by atoms with Crippen LogP contribution in [0.5, 0.6) is 5.75 Å². The van der Waals surface area contributed by atoms with Gasteiger partial charge in [0.1, 0.15) is 23.4 Å².